The average Bonchev–Trinajstić information content (AvgIpc) is 3.27. The van der Waals surface area contributed by atoms with E-state index in [1.165, 1.54) is 17.4 Å². The molecule has 3 aromatic rings. The predicted molar refractivity (Wildman–Crippen MR) is 113 cm³/mol. The lowest BCUT2D eigenvalue weighted by Crippen LogP contribution is -2.21. The Bertz CT molecular complexity index is 1020. The van der Waals surface area contributed by atoms with Crippen molar-refractivity contribution < 1.29 is 19.1 Å². The van der Waals surface area contributed by atoms with Crippen molar-refractivity contribution in [1.29, 1.82) is 0 Å². The van der Waals surface area contributed by atoms with E-state index in [0.29, 0.717) is 16.3 Å². The molecule has 1 heterocycles. The number of carbonyl (C=O) groups excluding carboxylic acids is 3. The van der Waals surface area contributed by atoms with Crippen LogP contribution >= 0.6 is 11.3 Å². The van der Waals surface area contributed by atoms with Crippen molar-refractivity contribution in [3.05, 3.63) is 82.0 Å². The normalized spacial score (nSPS) is 10.2. The fraction of sp³-hybridized carbons (Fsp3) is 0.136. The van der Waals surface area contributed by atoms with E-state index in [9.17, 15) is 14.4 Å². The van der Waals surface area contributed by atoms with Crippen molar-refractivity contribution in [3.8, 4) is 0 Å². The van der Waals surface area contributed by atoms with Crippen LogP contribution in [0.3, 0.4) is 0 Å². The first-order valence-electron chi connectivity index (χ1n) is 9.06. The highest BCUT2D eigenvalue weighted by Gasteiger charge is 2.13. The number of ether oxygens (including phenoxy) is 1. The first-order chi connectivity index (χ1) is 14.0. The summed E-state index contributed by atoms with van der Waals surface area (Å²) < 4.78 is 5.09. The van der Waals surface area contributed by atoms with Crippen LogP contribution in [0.5, 0.6) is 0 Å². The molecule has 0 saturated carbocycles. The van der Waals surface area contributed by atoms with Gasteiger partial charge in [-0.05, 0) is 53.8 Å². The molecule has 0 atom stereocenters. The summed E-state index contributed by atoms with van der Waals surface area (Å²) in [5, 5.41) is 7.25. The lowest BCUT2D eigenvalue weighted by molar-refractivity contribution is -0.119. The van der Waals surface area contributed by atoms with Crippen LogP contribution in [0.25, 0.3) is 0 Å². The fourth-order valence-electron chi connectivity index (χ4n) is 2.60. The van der Waals surface area contributed by atoms with E-state index >= 15 is 0 Å². The Morgan fingerprint density at radius 1 is 0.931 bits per heavy atom. The maximum absolute atomic E-state index is 12.3. The highest BCUT2D eigenvalue weighted by molar-refractivity contribution is 7.12. The number of carbonyl (C=O) groups is 3. The van der Waals surface area contributed by atoms with Crippen LogP contribution < -0.4 is 10.6 Å². The Hall–Kier alpha value is -3.45. The van der Waals surface area contributed by atoms with Gasteiger partial charge in [-0.15, -0.1) is 11.3 Å². The molecule has 0 aliphatic heterocycles. The molecule has 148 valence electrons. The minimum absolute atomic E-state index is 0.245. The minimum Gasteiger partial charge on any atom is -0.452 e. The molecule has 2 N–H and O–H groups in total. The number of nitrogens with one attached hydrogen (secondary N) is 2. The lowest BCUT2D eigenvalue weighted by atomic mass is 10.1. The standard InChI is InChI=1S/C22H20N2O4S/c1-2-15-6-3-8-17(12-15)23-20(25)14-28-22(27)16-7-4-9-18(13-16)24-21(26)19-10-5-11-29-19/h3-13H,2,14H2,1H3,(H,23,25)(H,24,26). The second-order valence-electron chi connectivity index (χ2n) is 6.19. The number of hydrogen-bond donors (Lipinski definition) is 2. The number of aryl methyl sites for hydroxylation is 1. The summed E-state index contributed by atoms with van der Waals surface area (Å²) in [7, 11) is 0. The van der Waals surface area contributed by atoms with Gasteiger partial charge in [-0.2, -0.15) is 0 Å². The van der Waals surface area contributed by atoms with E-state index in [1.54, 1.807) is 36.4 Å². The Morgan fingerprint density at radius 2 is 1.69 bits per heavy atom. The highest BCUT2D eigenvalue weighted by atomic mass is 32.1. The number of rotatable bonds is 7. The largest absolute Gasteiger partial charge is 0.452 e. The number of hydrogen-bond acceptors (Lipinski definition) is 5. The van der Waals surface area contributed by atoms with Crippen LogP contribution in [0.2, 0.25) is 0 Å². The van der Waals surface area contributed by atoms with Crippen molar-refractivity contribution in [2.45, 2.75) is 13.3 Å². The molecule has 2 amide bonds. The smallest absolute Gasteiger partial charge is 0.338 e. The van der Waals surface area contributed by atoms with E-state index in [0.717, 1.165) is 12.0 Å². The van der Waals surface area contributed by atoms with Crippen LogP contribution in [0.1, 0.15) is 32.5 Å². The molecule has 2 aromatic carbocycles. The van der Waals surface area contributed by atoms with Crippen molar-refractivity contribution in [3.63, 3.8) is 0 Å². The van der Waals surface area contributed by atoms with Gasteiger partial charge in [-0.3, -0.25) is 9.59 Å². The first kappa shape index (κ1) is 20.3. The van der Waals surface area contributed by atoms with E-state index in [-0.39, 0.29) is 11.5 Å². The zero-order valence-corrected chi connectivity index (χ0v) is 16.6. The third-order valence-corrected chi connectivity index (χ3v) is 4.92. The Labute approximate surface area is 172 Å². The molecular weight excluding hydrogens is 388 g/mol. The van der Waals surface area contributed by atoms with Gasteiger partial charge in [0.25, 0.3) is 11.8 Å². The summed E-state index contributed by atoms with van der Waals surface area (Å²) in [4.78, 5) is 37.0. The molecule has 0 radical (unpaired) electrons. The molecule has 0 unspecified atom stereocenters. The van der Waals surface area contributed by atoms with Crippen molar-refractivity contribution in [2.75, 3.05) is 17.2 Å². The van der Waals surface area contributed by atoms with Gasteiger partial charge in [-0.25, -0.2) is 4.79 Å². The summed E-state index contributed by atoms with van der Waals surface area (Å²) in [6.07, 6.45) is 0.859. The topological polar surface area (TPSA) is 84.5 Å². The number of thiophene rings is 1. The van der Waals surface area contributed by atoms with Gasteiger partial charge in [0.05, 0.1) is 10.4 Å². The van der Waals surface area contributed by atoms with Gasteiger partial charge < -0.3 is 15.4 Å². The molecule has 0 saturated heterocycles. The molecule has 0 aliphatic rings. The summed E-state index contributed by atoms with van der Waals surface area (Å²) in [6.45, 7) is 1.63. The molecule has 1 aromatic heterocycles. The van der Waals surface area contributed by atoms with E-state index in [1.807, 2.05) is 30.5 Å². The second-order valence-corrected chi connectivity index (χ2v) is 7.14. The Balaban J connectivity index is 1.55. The number of esters is 1. The molecule has 0 fully saturated rings. The minimum atomic E-state index is -0.644. The molecule has 0 bridgehead atoms. The van der Waals surface area contributed by atoms with Gasteiger partial charge in [0.15, 0.2) is 6.61 Å². The van der Waals surface area contributed by atoms with Gasteiger partial charge in [0, 0.05) is 11.4 Å². The van der Waals surface area contributed by atoms with Crippen molar-refractivity contribution in [2.24, 2.45) is 0 Å². The van der Waals surface area contributed by atoms with Gasteiger partial charge in [0.1, 0.15) is 0 Å². The van der Waals surface area contributed by atoms with Gasteiger partial charge in [0.2, 0.25) is 0 Å². The summed E-state index contributed by atoms with van der Waals surface area (Å²) in [6, 6.07) is 17.4. The Morgan fingerprint density at radius 3 is 2.41 bits per heavy atom. The number of benzene rings is 2. The molecular formula is C22H20N2O4S. The predicted octanol–water partition coefficient (Wildman–Crippen LogP) is 4.36. The van der Waals surface area contributed by atoms with E-state index < -0.39 is 18.5 Å². The second kappa shape index (κ2) is 9.66. The highest BCUT2D eigenvalue weighted by Crippen LogP contribution is 2.16. The molecule has 6 nitrogen and oxygen atoms in total. The molecule has 0 spiro atoms. The van der Waals surface area contributed by atoms with Crippen LogP contribution in [-0.4, -0.2) is 24.4 Å². The lowest BCUT2D eigenvalue weighted by Gasteiger charge is -2.09. The first-order valence-corrected chi connectivity index (χ1v) is 9.94. The SMILES string of the molecule is CCc1cccc(NC(=O)COC(=O)c2cccc(NC(=O)c3cccs3)c2)c1. The van der Waals surface area contributed by atoms with Gasteiger partial charge in [-0.1, -0.05) is 31.2 Å². The zero-order valence-electron chi connectivity index (χ0n) is 15.8. The summed E-state index contributed by atoms with van der Waals surface area (Å²) in [5.41, 5.74) is 2.47. The summed E-state index contributed by atoms with van der Waals surface area (Å²) >= 11 is 1.33. The molecule has 29 heavy (non-hydrogen) atoms. The summed E-state index contributed by atoms with van der Waals surface area (Å²) in [5.74, 6) is -1.32. The van der Waals surface area contributed by atoms with Crippen LogP contribution in [0, 0.1) is 0 Å². The molecule has 7 heteroatoms. The molecule has 0 aliphatic carbocycles. The average molecular weight is 408 g/mol. The zero-order chi connectivity index (χ0) is 20.6. The fourth-order valence-corrected chi connectivity index (χ4v) is 3.22. The van der Waals surface area contributed by atoms with Crippen molar-refractivity contribution in [1.82, 2.24) is 0 Å². The third kappa shape index (κ3) is 5.76. The van der Waals surface area contributed by atoms with Crippen LogP contribution in [-0.2, 0) is 16.0 Å². The van der Waals surface area contributed by atoms with Crippen molar-refractivity contribution >= 4 is 40.5 Å². The van der Waals surface area contributed by atoms with Crippen LogP contribution in [0.4, 0.5) is 11.4 Å². The van der Waals surface area contributed by atoms with E-state index in [4.69, 9.17) is 4.74 Å². The van der Waals surface area contributed by atoms with Crippen LogP contribution in [0.15, 0.2) is 66.0 Å². The molecule has 3 rings (SSSR count). The maximum Gasteiger partial charge on any atom is 0.338 e. The third-order valence-electron chi connectivity index (χ3n) is 4.05. The van der Waals surface area contributed by atoms with E-state index in [2.05, 4.69) is 10.6 Å². The maximum atomic E-state index is 12.3. The monoisotopic (exact) mass is 408 g/mol. The number of amides is 2. The van der Waals surface area contributed by atoms with Gasteiger partial charge >= 0.3 is 5.97 Å². The quantitative estimate of drug-likeness (QED) is 0.569. The number of anilines is 2. The Kier molecular flexibility index (Phi) is 6.76.